The minimum atomic E-state index is -3.51. The second-order valence-corrected chi connectivity index (χ2v) is 8.74. The highest BCUT2D eigenvalue weighted by molar-refractivity contribution is 7.89. The average molecular weight is 464 g/mol. The lowest BCUT2D eigenvalue weighted by atomic mass is 10.1. The summed E-state index contributed by atoms with van der Waals surface area (Å²) < 4.78 is 36.7. The van der Waals surface area contributed by atoms with Gasteiger partial charge in [-0.25, -0.2) is 8.42 Å². The molecule has 2 amide bonds. The number of carbonyl (C=O) groups is 2. The van der Waals surface area contributed by atoms with Crippen LogP contribution in [0, 0.1) is 0 Å². The summed E-state index contributed by atoms with van der Waals surface area (Å²) in [6.45, 7) is 4.38. The van der Waals surface area contributed by atoms with Crippen molar-refractivity contribution < 1.29 is 27.5 Å². The molecule has 0 spiro atoms. The average Bonchev–Trinajstić information content (AvgIpc) is 2.81. The Labute approximate surface area is 188 Å². The van der Waals surface area contributed by atoms with E-state index in [1.54, 1.807) is 50.2 Å². The van der Waals surface area contributed by atoms with Crippen LogP contribution in [0.5, 0.6) is 11.5 Å². The molecule has 10 heteroatoms. The lowest BCUT2D eigenvalue weighted by Crippen LogP contribution is -2.41. The van der Waals surface area contributed by atoms with Gasteiger partial charge >= 0.3 is 0 Å². The Morgan fingerprint density at radius 1 is 0.906 bits per heavy atom. The summed E-state index contributed by atoms with van der Waals surface area (Å²) in [5, 5.41) is 0. The number of amides is 2. The minimum Gasteiger partial charge on any atom is -0.493 e. The van der Waals surface area contributed by atoms with Crippen LogP contribution in [0.25, 0.3) is 0 Å². The first-order chi connectivity index (χ1) is 15.3. The lowest BCUT2D eigenvalue weighted by molar-refractivity contribution is -0.121. The number of nitrogens with one attached hydrogen (secondary N) is 2. The van der Waals surface area contributed by atoms with Gasteiger partial charge in [0.25, 0.3) is 5.91 Å². The number of nitrogens with zero attached hydrogens (tertiary/aromatic N) is 1. The van der Waals surface area contributed by atoms with Gasteiger partial charge in [0.1, 0.15) is 0 Å². The summed E-state index contributed by atoms with van der Waals surface area (Å²) in [5.41, 5.74) is 5.84. The van der Waals surface area contributed by atoms with Crippen molar-refractivity contribution in [1.29, 1.82) is 0 Å². The zero-order valence-corrected chi connectivity index (χ0v) is 19.5. The van der Waals surface area contributed by atoms with E-state index in [9.17, 15) is 18.0 Å². The normalized spacial score (nSPS) is 11.2. The van der Waals surface area contributed by atoms with Gasteiger partial charge in [0.2, 0.25) is 15.9 Å². The Hall–Kier alpha value is -3.11. The maximum absolute atomic E-state index is 12.5. The maximum atomic E-state index is 12.5. The Balaban J connectivity index is 1.89. The molecule has 0 radical (unpaired) electrons. The van der Waals surface area contributed by atoms with Crippen molar-refractivity contribution in [2.45, 2.75) is 31.6 Å². The van der Waals surface area contributed by atoms with Gasteiger partial charge in [0, 0.05) is 25.1 Å². The monoisotopic (exact) mass is 463 g/mol. The van der Waals surface area contributed by atoms with Crippen LogP contribution in [0.1, 0.15) is 36.2 Å². The Morgan fingerprint density at radius 3 is 2.09 bits per heavy atom. The molecular weight excluding hydrogens is 434 g/mol. The van der Waals surface area contributed by atoms with Crippen molar-refractivity contribution in [3.05, 3.63) is 53.6 Å². The summed E-state index contributed by atoms with van der Waals surface area (Å²) in [4.78, 5) is 24.6. The van der Waals surface area contributed by atoms with Crippen LogP contribution in [-0.4, -0.2) is 51.8 Å². The molecule has 0 aliphatic heterocycles. The van der Waals surface area contributed by atoms with Gasteiger partial charge in [-0.05, 0) is 42.3 Å². The first-order valence-corrected chi connectivity index (χ1v) is 11.6. The second-order valence-electron chi connectivity index (χ2n) is 6.81. The minimum absolute atomic E-state index is 0.119. The largest absolute Gasteiger partial charge is 0.493 e. The first kappa shape index (κ1) is 25.2. The molecule has 0 aliphatic rings. The van der Waals surface area contributed by atoms with E-state index in [1.807, 2.05) is 0 Å². The molecule has 0 saturated heterocycles. The highest BCUT2D eigenvalue weighted by Gasteiger charge is 2.21. The zero-order valence-electron chi connectivity index (χ0n) is 18.7. The predicted octanol–water partition coefficient (Wildman–Crippen LogP) is 2.13. The van der Waals surface area contributed by atoms with Gasteiger partial charge in [-0.15, -0.1) is 0 Å². The molecule has 0 saturated carbocycles. The molecule has 9 nitrogen and oxygen atoms in total. The molecule has 0 aliphatic carbocycles. The Morgan fingerprint density at radius 2 is 1.53 bits per heavy atom. The summed E-state index contributed by atoms with van der Waals surface area (Å²) in [6.07, 6.45) is 0.512. The highest BCUT2D eigenvalue weighted by atomic mass is 32.2. The van der Waals surface area contributed by atoms with Crippen LogP contribution in [0.2, 0.25) is 0 Å². The third-order valence-electron chi connectivity index (χ3n) is 4.87. The molecule has 0 aromatic heterocycles. The maximum Gasteiger partial charge on any atom is 0.269 e. The number of ether oxygens (including phenoxy) is 2. The summed E-state index contributed by atoms with van der Waals surface area (Å²) in [6, 6.07) is 11.1. The number of methoxy groups -OCH3 is 2. The van der Waals surface area contributed by atoms with E-state index in [1.165, 1.54) is 24.6 Å². The predicted molar refractivity (Wildman–Crippen MR) is 120 cm³/mol. The molecule has 2 aromatic carbocycles. The number of sulfonamides is 1. The standard InChI is InChI=1S/C22H29N3O6S/c1-5-25(6-2)32(28,29)18-11-7-16(8-12-18)9-14-21(26)23-24-22(27)17-10-13-19(30-3)20(15-17)31-4/h7-8,10-13,15H,5-6,9,14H2,1-4H3,(H,23,26)(H,24,27). The number of benzene rings is 2. The van der Waals surface area contributed by atoms with Crippen molar-refractivity contribution in [1.82, 2.24) is 15.2 Å². The van der Waals surface area contributed by atoms with Crippen molar-refractivity contribution in [2.24, 2.45) is 0 Å². The van der Waals surface area contributed by atoms with E-state index in [0.717, 1.165) is 5.56 Å². The van der Waals surface area contributed by atoms with Crippen LogP contribution in [0.4, 0.5) is 0 Å². The number of hydrazine groups is 1. The van der Waals surface area contributed by atoms with Gasteiger partial charge in [0.15, 0.2) is 11.5 Å². The third kappa shape index (κ3) is 6.21. The van der Waals surface area contributed by atoms with Gasteiger partial charge in [-0.1, -0.05) is 26.0 Å². The first-order valence-electron chi connectivity index (χ1n) is 10.2. The topological polar surface area (TPSA) is 114 Å². The fourth-order valence-electron chi connectivity index (χ4n) is 3.04. The van der Waals surface area contributed by atoms with Crippen LogP contribution in [-0.2, 0) is 21.2 Å². The summed E-state index contributed by atoms with van der Waals surface area (Å²) in [5.74, 6) is 0.0193. The second kappa shape index (κ2) is 11.5. The molecule has 0 fully saturated rings. The van der Waals surface area contributed by atoms with E-state index in [2.05, 4.69) is 10.9 Å². The number of rotatable bonds is 10. The Kier molecular flexibility index (Phi) is 9.03. The van der Waals surface area contributed by atoms with Crippen molar-refractivity contribution >= 4 is 21.8 Å². The van der Waals surface area contributed by atoms with E-state index >= 15 is 0 Å². The lowest BCUT2D eigenvalue weighted by Gasteiger charge is -2.18. The number of aryl methyl sites for hydroxylation is 1. The third-order valence-corrected chi connectivity index (χ3v) is 6.93. The summed E-state index contributed by atoms with van der Waals surface area (Å²) >= 11 is 0. The summed E-state index contributed by atoms with van der Waals surface area (Å²) in [7, 11) is -0.553. The molecule has 0 bridgehead atoms. The van der Waals surface area contributed by atoms with Gasteiger partial charge in [-0.3, -0.25) is 20.4 Å². The number of hydrogen-bond donors (Lipinski definition) is 2. The van der Waals surface area contributed by atoms with E-state index < -0.39 is 15.9 Å². The van der Waals surface area contributed by atoms with Crippen molar-refractivity contribution in [3.63, 3.8) is 0 Å². The fourth-order valence-corrected chi connectivity index (χ4v) is 4.50. The smallest absolute Gasteiger partial charge is 0.269 e. The van der Waals surface area contributed by atoms with Gasteiger partial charge < -0.3 is 9.47 Å². The van der Waals surface area contributed by atoms with Crippen molar-refractivity contribution in [2.75, 3.05) is 27.3 Å². The molecule has 2 rings (SSSR count). The van der Waals surface area contributed by atoms with Gasteiger partial charge in [0.05, 0.1) is 19.1 Å². The molecule has 174 valence electrons. The molecule has 0 heterocycles. The molecule has 2 N–H and O–H groups in total. The van der Waals surface area contributed by atoms with Crippen LogP contribution < -0.4 is 20.3 Å². The molecule has 0 atom stereocenters. The van der Waals surface area contributed by atoms with Crippen LogP contribution in [0.15, 0.2) is 47.4 Å². The SMILES string of the molecule is CCN(CC)S(=O)(=O)c1ccc(CCC(=O)NNC(=O)c2ccc(OC)c(OC)c2)cc1. The zero-order chi connectivity index (χ0) is 23.7. The molecule has 0 unspecified atom stereocenters. The number of hydrogen-bond acceptors (Lipinski definition) is 6. The van der Waals surface area contributed by atoms with E-state index in [0.29, 0.717) is 36.6 Å². The quantitative estimate of drug-likeness (QED) is 0.522. The Bertz CT molecular complexity index is 1030. The van der Waals surface area contributed by atoms with Crippen LogP contribution in [0.3, 0.4) is 0 Å². The van der Waals surface area contributed by atoms with Crippen LogP contribution >= 0.6 is 0 Å². The molecular formula is C22H29N3O6S. The van der Waals surface area contributed by atoms with E-state index in [4.69, 9.17) is 9.47 Å². The van der Waals surface area contributed by atoms with Crippen molar-refractivity contribution in [3.8, 4) is 11.5 Å². The highest BCUT2D eigenvalue weighted by Crippen LogP contribution is 2.27. The molecule has 32 heavy (non-hydrogen) atoms. The van der Waals surface area contributed by atoms with E-state index in [-0.39, 0.29) is 17.2 Å². The van der Waals surface area contributed by atoms with Gasteiger partial charge in [-0.2, -0.15) is 4.31 Å². The molecule has 2 aromatic rings. The number of carbonyl (C=O) groups excluding carboxylic acids is 2. The fraction of sp³-hybridized carbons (Fsp3) is 0.364.